The van der Waals surface area contributed by atoms with Gasteiger partial charge in [-0.15, -0.1) is 11.6 Å². The Morgan fingerprint density at radius 2 is 2.50 bits per heavy atom. The number of carbonyl (C=O) groups is 1. The van der Waals surface area contributed by atoms with E-state index in [2.05, 4.69) is 5.32 Å². The van der Waals surface area contributed by atoms with Crippen LogP contribution in [0.25, 0.3) is 0 Å². The molecule has 0 unspecified atom stereocenters. The molecule has 66 valence electrons. The average molecular weight is 188 g/mol. The summed E-state index contributed by atoms with van der Waals surface area (Å²) in [5.74, 6) is 0.728. The molecule has 0 aromatic carbocycles. The van der Waals surface area contributed by atoms with Gasteiger partial charge in [-0.2, -0.15) is 0 Å². The van der Waals surface area contributed by atoms with Gasteiger partial charge in [0.05, 0.1) is 6.26 Å². The molecule has 0 saturated carbocycles. The van der Waals surface area contributed by atoms with E-state index in [1.807, 2.05) is 12.1 Å². The molecule has 3 nitrogen and oxygen atoms in total. The Balaban J connectivity index is 2.15. The second-order valence-corrected chi connectivity index (χ2v) is 2.58. The Morgan fingerprint density at radius 3 is 3.08 bits per heavy atom. The van der Waals surface area contributed by atoms with E-state index in [9.17, 15) is 4.79 Å². The fourth-order valence-corrected chi connectivity index (χ4v) is 0.922. The zero-order valence-corrected chi connectivity index (χ0v) is 7.30. The van der Waals surface area contributed by atoms with Crippen LogP contribution in [0, 0.1) is 0 Å². The van der Waals surface area contributed by atoms with Gasteiger partial charge < -0.3 is 9.73 Å². The van der Waals surface area contributed by atoms with Crippen LogP contribution >= 0.6 is 11.6 Å². The van der Waals surface area contributed by atoms with Crippen molar-refractivity contribution in [3.63, 3.8) is 0 Å². The number of amides is 1. The Morgan fingerprint density at radius 1 is 1.67 bits per heavy atom. The third-order valence-corrected chi connectivity index (χ3v) is 1.64. The summed E-state index contributed by atoms with van der Waals surface area (Å²) in [4.78, 5) is 10.7. The van der Waals surface area contributed by atoms with Crippen LogP contribution in [0.3, 0.4) is 0 Å². The van der Waals surface area contributed by atoms with Crippen LogP contribution in [0.15, 0.2) is 22.8 Å². The molecule has 0 saturated heterocycles. The third kappa shape index (κ3) is 2.96. The molecule has 1 rings (SSSR count). The molecular formula is C8H10ClNO2. The summed E-state index contributed by atoms with van der Waals surface area (Å²) in [5, 5.41) is 2.64. The van der Waals surface area contributed by atoms with Crippen molar-refractivity contribution in [1.29, 1.82) is 0 Å². The van der Waals surface area contributed by atoms with Crippen LogP contribution in [0.2, 0.25) is 0 Å². The lowest BCUT2D eigenvalue weighted by molar-refractivity contribution is -0.118. The Hall–Kier alpha value is -0.960. The molecule has 4 heteroatoms. The summed E-state index contributed by atoms with van der Waals surface area (Å²) in [5.41, 5.74) is 0. The number of hydrogen-bond donors (Lipinski definition) is 1. The summed E-state index contributed by atoms with van der Waals surface area (Å²) in [6, 6.07) is 3.69. The van der Waals surface area contributed by atoms with Crippen molar-refractivity contribution in [3.05, 3.63) is 24.2 Å². The van der Waals surface area contributed by atoms with Crippen molar-refractivity contribution < 1.29 is 9.21 Å². The van der Waals surface area contributed by atoms with Crippen LogP contribution in [-0.2, 0) is 11.2 Å². The van der Waals surface area contributed by atoms with E-state index in [1.54, 1.807) is 6.26 Å². The summed E-state index contributed by atoms with van der Waals surface area (Å²) < 4.78 is 5.06. The Labute approximate surface area is 75.7 Å². The molecule has 0 aliphatic rings. The summed E-state index contributed by atoms with van der Waals surface area (Å²) in [6.07, 6.45) is 2.31. The zero-order chi connectivity index (χ0) is 8.81. The van der Waals surface area contributed by atoms with E-state index < -0.39 is 0 Å². The normalized spacial score (nSPS) is 9.75. The maximum atomic E-state index is 10.7. The molecule has 0 radical (unpaired) electrons. The number of nitrogens with one attached hydrogen (secondary N) is 1. The van der Waals surface area contributed by atoms with Gasteiger partial charge in [0.15, 0.2) is 0 Å². The molecular weight excluding hydrogens is 178 g/mol. The molecule has 12 heavy (non-hydrogen) atoms. The number of rotatable bonds is 4. The van der Waals surface area contributed by atoms with Crippen molar-refractivity contribution in [2.75, 3.05) is 12.4 Å². The number of furan rings is 1. The lowest BCUT2D eigenvalue weighted by Crippen LogP contribution is -2.26. The van der Waals surface area contributed by atoms with Crippen molar-refractivity contribution in [1.82, 2.24) is 5.32 Å². The summed E-state index contributed by atoms with van der Waals surface area (Å²) in [6.45, 7) is 0.569. The van der Waals surface area contributed by atoms with E-state index in [4.69, 9.17) is 16.0 Å². The van der Waals surface area contributed by atoms with Crippen LogP contribution in [0.4, 0.5) is 0 Å². The Bertz CT molecular complexity index is 233. The minimum Gasteiger partial charge on any atom is -0.469 e. The van der Waals surface area contributed by atoms with E-state index in [-0.39, 0.29) is 11.8 Å². The van der Waals surface area contributed by atoms with Gasteiger partial charge in [-0.1, -0.05) is 0 Å². The average Bonchev–Trinajstić information content (AvgIpc) is 2.57. The molecule has 1 heterocycles. The van der Waals surface area contributed by atoms with Gasteiger partial charge in [0.25, 0.3) is 0 Å². The van der Waals surface area contributed by atoms with E-state index in [1.165, 1.54) is 0 Å². The maximum Gasteiger partial charge on any atom is 0.234 e. The number of halogens is 1. The first-order chi connectivity index (χ1) is 5.83. The maximum absolute atomic E-state index is 10.7. The lowest BCUT2D eigenvalue weighted by Gasteiger charge is -1.99. The molecule has 0 aliphatic heterocycles. The smallest absolute Gasteiger partial charge is 0.234 e. The molecule has 0 atom stereocenters. The fraction of sp³-hybridized carbons (Fsp3) is 0.375. The SMILES string of the molecule is O=C(CCl)NCCc1ccco1. The quantitative estimate of drug-likeness (QED) is 0.720. The predicted octanol–water partition coefficient (Wildman–Crippen LogP) is 1.18. The first-order valence-corrected chi connectivity index (χ1v) is 4.21. The van der Waals surface area contributed by atoms with Gasteiger partial charge in [-0.25, -0.2) is 0 Å². The molecule has 0 aliphatic carbocycles. The highest BCUT2D eigenvalue weighted by atomic mass is 35.5. The molecule has 0 bridgehead atoms. The summed E-state index contributed by atoms with van der Waals surface area (Å²) >= 11 is 5.28. The van der Waals surface area contributed by atoms with Gasteiger partial charge in [-0.05, 0) is 12.1 Å². The van der Waals surface area contributed by atoms with Gasteiger partial charge in [0.1, 0.15) is 11.6 Å². The second kappa shape index (κ2) is 4.83. The second-order valence-electron chi connectivity index (χ2n) is 2.31. The monoisotopic (exact) mass is 187 g/mol. The highest BCUT2D eigenvalue weighted by Crippen LogP contribution is 1.99. The molecule has 1 aromatic rings. The van der Waals surface area contributed by atoms with Crippen LogP contribution in [0.5, 0.6) is 0 Å². The van der Waals surface area contributed by atoms with Crippen molar-refractivity contribution in [3.8, 4) is 0 Å². The number of carbonyl (C=O) groups excluding carboxylic acids is 1. The molecule has 1 N–H and O–H groups in total. The van der Waals surface area contributed by atoms with E-state index in [0.717, 1.165) is 5.76 Å². The third-order valence-electron chi connectivity index (χ3n) is 1.40. The number of hydrogen-bond acceptors (Lipinski definition) is 2. The molecule has 1 aromatic heterocycles. The van der Waals surface area contributed by atoms with Crippen molar-refractivity contribution in [2.45, 2.75) is 6.42 Å². The highest BCUT2D eigenvalue weighted by molar-refractivity contribution is 6.27. The fourth-order valence-electron chi connectivity index (χ4n) is 0.827. The zero-order valence-electron chi connectivity index (χ0n) is 6.55. The van der Waals surface area contributed by atoms with E-state index in [0.29, 0.717) is 13.0 Å². The van der Waals surface area contributed by atoms with Gasteiger partial charge in [-0.3, -0.25) is 4.79 Å². The van der Waals surface area contributed by atoms with Crippen LogP contribution in [0.1, 0.15) is 5.76 Å². The molecule has 0 spiro atoms. The molecule has 1 amide bonds. The Kier molecular flexibility index (Phi) is 3.67. The highest BCUT2D eigenvalue weighted by Gasteiger charge is 1.98. The summed E-state index contributed by atoms with van der Waals surface area (Å²) in [7, 11) is 0. The van der Waals surface area contributed by atoms with Crippen LogP contribution in [-0.4, -0.2) is 18.3 Å². The molecule has 0 fully saturated rings. The largest absolute Gasteiger partial charge is 0.469 e. The van der Waals surface area contributed by atoms with Crippen molar-refractivity contribution in [2.24, 2.45) is 0 Å². The van der Waals surface area contributed by atoms with E-state index >= 15 is 0 Å². The van der Waals surface area contributed by atoms with Gasteiger partial charge in [0, 0.05) is 13.0 Å². The first-order valence-electron chi connectivity index (χ1n) is 3.68. The topological polar surface area (TPSA) is 42.2 Å². The van der Waals surface area contributed by atoms with Crippen LogP contribution < -0.4 is 5.32 Å². The van der Waals surface area contributed by atoms with Gasteiger partial charge in [0.2, 0.25) is 5.91 Å². The van der Waals surface area contributed by atoms with Crippen molar-refractivity contribution >= 4 is 17.5 Å². The minimum atomic E-state index is -0.150. The lowest BCUT2D eigenvalue weighted by atomic mass is 10.3. The predicted molar refractivity (Wildman–Crippen MR) is 46.1 cm³/mol. The standard InChI is InChI=1S/C8H10ClNO2/c9-6-8(11)10-4-3-7-2-1-5-12-7/h1-2,5H,3-4,6H2,(H,10,11). The minimum absolute atomic E-state index is 0.0121. The number of alkyl halides is 1. The van der Waals surface area contributed by atoms with Gasteiger partial charge >= 0.3 is 0 Å². The first kappa shape index (κ1) is 9.13.